The Kier molecular flexibility index (Phi) is 25.4. The van der Waals surface area contributed by atoms with E-state index < -0.39 is 17.9 Å². The van der Waals surface area contributed by atoms with E-state index in [4.69, 9.17) is 5.73 Å². The van der Waals surface area contributed by atoms with Crippen molar-refractivity contribution in [1.29, 1.82) is 0 Å². The number of rotatable bonds is 20. The van der Waals surface area contributed by atoms with Crippen LogP contribution in [0.2, 0.25) is 0 Å². The van der Waals surface area contributed by atoms with Crippen molar-refractivity contribution in [3.8, 4) is 0 Å². The van der Waals surface area contributed by atoms with Crippen molar-refractivity contribution >= 4 is 23.8 Å². The number of carboxylic acids is 3. The number of nitrogens with one attached hydrogen (secondary N) is 1. The normalized spacial score (nSPS) is 16.7. The molecule has 1 aliphatic heterocycles. The predicted octanol–water partition coefficient (Wildman–Crippen LogP) is -2.04. The maximum absolute atomic E-state index is 12.8. The second-order valence-corrected chi connectivity index (χ2v) is 11.4. The van der Waals surface area contributed by atoms with Crippen molar-refractivity contribution in [3.63, 3.8) is 0 Å². The molecule has 0 saturated carbocycles. The van der Waals surface area contributed by atoms with Crippen molar-refractivity contribution in [3.05, 3.63) is 0 Å². The molecule has 0 unspecified atom stereocenters. The van der Waals surface area contributed by atoms with Crippen LogP contribution in [-0.4, -0.2) is 200 Å². The first-order chi connectivity index (χ1) is 20.5. The van der Waals surface area contributed by atoms with Gasteiger partial charge in [-0.3, -0.25) is 38.8 Å². The summed E-state index contributed by atoms with van der Waals surface area (Å²) >= 11 is 0. The van der Waals surface area contributed by atoms with Gasteiger partial charge in [-0.25, -0.2) is 0 Å². The van der Waals surface area contributed by atoms with Gasteiger partial charge in [-0.15, -0.1) is 0 Å². The SMILES string of the molecule is CN(CCCN)CCCCN(C)CCCNC(=O)CN1CCN(CC(=O)O)CCN(CC(=O)O)CCN(CC(=O)O)CC1.[Gd]. The van der Waals surface area contributed by atoms with Crippen molar-refractivity contribution in [2.24, 2.45) is 5.73 Å². The summed E-state index contributed by atoms with van der Waals surface area (Å²) in [5, 5.41) is 31.0. The van der Waals surface area contributed by atoms with Gasteiger partial charge in [0.15, 0.2) is 0 Å². The molecule has 6 N–H and O–H groups in total. The van der Waals surface area contributed by atoms with Gasteiger partial charge in [-0.1, -0.05) is 0 Å². The van der Waals surface area contributed by atoms with Gasteiger partial charge >= 0.3 is 17.9 Å². The number of aliphatic carboxylic acids is 3. The summed E-state index contributed by atoms with van der Waals surface area (Å²) in [6.07, 6.45) is 4.08. The van der Waals surface area contributed by atoms with Crippen LogP contribution in [0.15, 0.2) is 0 Å². The minimum atomic E-state index is -0.997. The van der Waals surface area contributed by atoms with Crippen LogP contribution in [-0.2, 0) is 19.2 Å². The molecule has 1 aliphatic rings. The molecule has 0 aliphatic carbocycles. The summed E-state index contributed by atoms with van der Waals surface area (Å²) in [4.78, 5) is 58.7. The number of carboxylic acid groups (broad SMARTS) is 3. The minimum Gasteiger partial charge on any atom is -0.480 e. The smallest absolute Gasteiger partial charge is 0.317 e. The van der Waals surface area contributed by atoms with Gasteiger partial charge in [-0.05, 0) is 72.5 Å². The van der Waals surface area contributed by atoms with E-state index in [1.807, 2.05) is 4.90 Å². The first-order valence-corrected chi connectivity index (χ1v) is 15.4. The van der Waals surface area contributed by atoms with Crippen molar-refractivity contribution in [1.82, 2.24) is 34.7 Å². The van der Waals surface area contributed by atoms with Crippen LogP contribution in [0.4, 0.5) is 0 Å². The molecule has 0 aromatic rings. The van der Waals surface area contributed by atoms with Gasteiger partial charge in [0.2, 0.25) is 5.91 Å². The van der Waals surface area contributed by atoms with Crippen molar-refractivity contribution < 1.29 is 74.4 Å². The number of unbranched alkanes of at least 4 members (excludes halogenated alkanes) is 1. The van der Waals surface area contributed by atoms with Crippen LogP contribution in [0.25, 0.3) is 0 Å². The first kappa shape index (κ1) is 42.9. The Hall–Kier alpha value is -1.08. The number of hydrogen-bond acceptors (Lipinski definition) is 11. The van der Waals surface area contributed by atoms with E-state index >= 15 is 0 Å². The molecule has 16 heteroatoms. The maximum Gasteiger partial charge on any atom is 0.317 e. The van der Waals surface area contributed by atoms with Crippen LogP contribution in [0.1, 0.15) is 25.7 Å². The summed E-state index contributed by atoms with van der Waals surface area (Å²) < 4.78 is 0. The van der Waals surface area contributed by atoms with Gasteiger partial charge in [-0.2, -0.15) is 0 Å². The molecule has 1 saturated heterocycles. The Labute approximate surface area is 294 Å². The molecular formula is C28H56GdN8O7. The number of carbonyl (C=O) groups is 4. The molecule has 1 amide bonds. The van der Waals surface area contributed by atoms with Crippen molar-refractivity contribution in [2.75, 3.05) is 132 Å². The fourth-order valence-electron chi connectivity index (χ4n) is 4.97. The zero-order chi connectivity index (χ0) is 32.0. The van der Waals surface area contributed by atoms with E-state index in [0.29, 0.717) is 58.9 Å². The number of nitrogens with two attached hydrogens (primary N) is 1. The molecule has 15 nitrogen and oxygen atoms in total. The summed E-state index contributed by atoms with van der Waals surface area (Å²) in [5.41, 5.74) is 5.56. The van der Waals surface area contributed by atoms with Gasteiger partial charge in [0, 0.05) is 98.8 Å². The van der Waals surface area contributed by atoms with Crippen LogP contribution in [0.5, 0.6) is 0 Å². The van der Waals surface area contributed by atoms with Crippen LogP contribution >= 0.6 is 0 Å². The summed E-state index contributed by atoms with van der Waals surface area (Å²) in [7, 11) is 4.21. The number of amides is 1. The molecule has 0 aromatic carbocycles. The first-order valence-electron chi connectivity index (χ1n) is 15.4. The number of hydrogen-bond donors (Lipinski definition) is 5. The Bertz CT molecular complexity index is 797. The molecule has 258 valence electrons. The van der Waals surface area contributed by atoms with Crippen molar-refractivity contribution in [2.45, 2.75) is 25.7 Å². The summed E-state index contributed by atoms with van der Waals surface area (Å²) in [6.45, 7) is 7.73. The summed E-state index contributed by atoms with van der Waals surface area (Å²) in [5.74, 6) is -3.08. The van der Waals surface area contributed by atoms with E-state index in [2.05, 4.69) is 29.2 Å². The molecule has 0 aromatic heterocycles. The molecule has 1 heterocycles. The molecule has 1 fully saturated rings. The minimum absolute atomic E-state index is 0. The van der Waals surface area contributed by atoms with E-state index in [9.17, 15) is 34.5 Å². The average molecular weight is 774 g/mol. The van der Waals surface area contributed by atoms with E-state index in [-0.39, 0.29) is 72.0 Å². The molecular weight excluding hydrogens is 718 g/mol. The third-order valence-corrected chi connectivity index (χ3v) is 7.49. The zero-order valence-corrected chi connectivity index (χ0v) is 28.9. The van der Waals surface area contributed by atoms with Gasteiger partial charge < -0.3 is 36.2 Å². The Morgan fingerprint density at radius 3 is 1.25 bits per heavy atom. The van der Waals surface area contributed by atoms with E-state index in [0.717, 1.165) is 58.4 Å². The predicted molar refractivity (Wildman–Crippen MR) is 164 cm³/mol. The third kappa shape index (κ3) is 23.3. The van der Waals surface area contributed by atoms with Crippen LogP contribution < -0.4 is 11.1 Å². The van der Waals surface area contributed by atoms with Gasteiger partial charge in [0.25, 0.3) is 0 Å². The second kappa shape index (κ2) is 26.0. The Morgan fingerprint density at radius 2 is 0.909 bits per heavy atom. The fourth-order valence-corrected chi connectivity index (χ4v) is 4.97. The summed E-state index contributed by atoms with van der Waals surface area (Å²) in [6, 6.07) is 0. The van der Waals surface area contributed by atoms with Crippen LogP contribution in [0, 0.1) is 39.9 Å². The van der Waals surface area contributed by atoms with Crippen LogP contribution in [0.3, 0.4) is 0 Å². The quantitative estimate of drug-likeness (QED) is 0.0853. The standard InChI is InChI=1S/C28H56N8O7.Gd/c1-31(11-5-7-29)9-3-4-10-32(2)12-6-8-30-25(37)21-33-13-15-34(22-26(38)39)17-19-36(24-28(42)43)20-18-35(16-14-33)23-27(40)41;/h3-24,29H2,1-2H3,(H,30,37)(H,38,39)(H,40,41)(H,42,43);. The Balaban J connectivity index is 0.0000185. The fraction of sp³-hybridized carbons (Fsp3) is 0.857. The van der Waals surface area contributed by atoms with Gasteiger partial charge in [0.05, 0.1) is 26.2 Å². The maximum atomic E-state index is 12.8. The Morgan fingerprint density at radius 1 is 0.591 bits per heavy atom. The molecule has 0 radical (unpaired) electrons. The number of carbonyl (C=O) groups excluding carboxylic acids is 1. The molecule has 44 heavy (non-hydrogen) atoms. The van der Waals surface area contributed by atoms with Gasteiger partial charge in [0.1, 0.15) is 0 Å². The third-order valence-electron chi connectivity index (χ3n) is 7.49. The molecule has 0 bridgehead atoms. The topological polar surface area (TPSA) is 186 Å². The monoisotopic (exact) mass is 774 g/mol. The molecule has 0 atom stereocenters. The molecule has 1 rings (SSSR count). The van der Waals surface area contributed by atoms with E-state index in [1.165, 1.54) is 0 Å². The molecule has 0 spiro atoms. The zero-order valence-electron chi connectivity index (χ0n) is 26.6. The second-order valence-electron chi connectivity index (χ2n) is 11.4. The average Bonchev–Trinajstić information content (AvgIpc) is 2.92. The number of nitrogens with zero attached hydrogens (tertiary/aromatic N) is 6. The van der Waals surface area contributed by atoms with E-state index in [1.54, 1.807) is 14.7 Å². The largest absolute Gasteiger partial charge is 0.480 e.